The van der Waals surface area contributed by atoms with Crippen molar-refractivity contribution in [2.45, 2.75) is 90.8 Å². The monoisotopic (exact) mass is 601 g/mol. The minimum Gasteiger partial charge on any atom is -0.469 e. The Hall–Kier alpha value is -3.41. The zero-order chi connectivity index (χ0) is 30.8. The van der Waals surface area contributed by atoms with Gasteiger partial charge in [0.25, 0.3) is 5.91 Å². The maximum Gasteiger partial charge on any atom is 0.308 e. The molecule has 0 bridgehead atoms. The molecule has 2 heterocycles. The third kappa shape index (κ3) is 9.57. The standard InChI is InChI=1S/C30H43N5O6S/c1-18(2)24(35(5)27(37)14-21-9-7-10-21)16-25(41-20(4)36)29-34-23(17-42-29)28(38)33-22(13-19(3)30(39)40-6)15-26-31-11-8-12-32-26/h8,11-12,17-19,21-22,24-25H,7,9-10,13-16H2,1-6H3,(H,33,38)/t19-,22+,24?,25+/m0/s1. The van der Waals surface area contributed by atoms with Crippen LogP contribution in [0, 0.1) is 17.8 Å². The molecule has 0 radical (unpaired) electrons. The summed E-state index contributed by atoms with van der Waals surface area (Å²) in [6, 6.07) is 1.07. The van der Waals surface area contributed by atoms with Crippen molar-refractivity contribution in [2.75, 3.05) is 14.2 Å². The van der Waals surface area contributed by atoms with Gasteiger partial charge in [0.15, 0.2) is 6.10 Å². The van der Waals surface area contributed by atoms with Gasteiger partial charge in [-0.25, -0.2) is 15.0 Å². The van der Waals surface area contributed by atoms with Crippen LogP contribution >= 0.6 is 11.3 Å². The molecule has 1 unspecified atom stereocenters. The highest BCUT2D eigenvalue weighted by Crippen LogP contribution is 2.33. The lowest BCUT2D eigenvalue weighted by Crippen LogP contribution is -2.42. The molecule has 1 saturated carbocycles. The Morgan fingerprint density at radius 1 is 1.12 bits per heavy atom. The van der Waals surface area contributed by atoms with Gasteiger partial charge in [0.1, 0.15) is 16.5 Å². The van der Waals surface area contributed by atoms with E-state index in [9.17, 15) is 19.2 Å². The van der Waals surface area contributed by atoms with Crippen LogP contribution in [-0.4, -0.2) is 69.8 Å². The molecular formula is C30H43N5O6S. The highest BCUT2D eigenvalue weighted by Gasteiger charge is 2.32. The fourth-order valence-corrected chi connectivity index (χ4v) is 5.98. The Morgan fingerprint density at radius 3 is 2.38 bits per heavy atom. The van der Waals surface area contributed by atoms with Crippen molar-refractivity contribution < 1.29 is 28.7 Å². The number of ether oxygens (including phenoxy) is 2. The average Bonchev–Trinajstić information content (AvgIpc) is 3.42. The SMILES string of the molecule is COC(=O)[C@@H](C)C[C@H](Cc1ncccn1)NC(=O)c1csc([C@@H](CC(C(C)C)N(C)C(=O)CC2CCC2)OC(C)=O)n1. The van der Waals surface area contributed by atoms with Gasteiger partial charge >= 0.3 is 11.9 Å². The van der Waals surface area contributed by atoms with E-state index < -0.39 is 29.9 Å². The number of carbonyl (C=O) groups is 4. The molecule has 1 fully saturated rings. The summed E-state index contributed by atoms with van der Waals surface area (Å²) >= 11 is 1.23. The first-order valence-electron chi connectivity index (χ1n) is 14.5. The molecule has 2 aromatic heterocycles. The Kier molecular flexibility index (Phi) is 12.4. The van der Waals surface area contributed by atoms with E-state index in [-0.39, 0.29) is 29.5 Å². The molecule has 0 aromatic carbocycles. The summed E-state index contributed by atoms with van der Waals surface area (Å²) in [6.45, 7) is 7.15. The molecule has 42 heavy (non-hydrogen) atoms. The molecule has 3 rings (SSSR count). The van der Waals surface area contributed by atoms with E-state index in [0.717, 1.165) is 12.8 Å². The number of rotatable bonds is 15. The zero-order valence-corrected chi connectivity index (χ0v) is 26.2. The third-order valence-electron chi connectivity index (χ3n) is 7.77. The predicted octanol–water partition coefficient (Wildman–Crippen LogP) is 4.14. The van der Waals surface area contributed by atoms with E-state index in [2.05, 4.69) is 20.3 Å². The summed E-state index contributed by atoms with van der Waals surface area (Å²) in [5, 5.41) is 5.06. The normalized spacial score (nSPS) is 16.1. The van der Waals surface area contributed by atoms with Crippen LogP contribution in [0.3, 0.4) is 0 Å². The van der Waals surface area contributed by atoms with Crippen LogP contribution in [-0.2, 0) is 30.3 Å². The summed E-state index contributed by atoms with van der Waals surface area (Å²) in [5.41, 5.74) is 0.173. The van der Waals surface area contributed by atoms with Crippen molar-refractivity contribution in [3.63, 3.8) is 0 Å². The lowest BCUT2D eigenvalue weighted by atomic mass is 9.82. The summed E-state index contributed by atoms with van der Waals surface area (Å²) in [6.07, 6.45) is 7.42. The molecule has 12 heteroatoms. The highest BCUT2D eigenvalue weighted by molar-refractivity contribution is 7.09. The molecule has 0 spiro atoms. The second-order valence-corrected chi connectivity index (χ2v) is 12.3. The average molecular weight is 602 g/mol. The smallest absolute Gasteiger partial charge is 0.308 e. The van der Waals surface area contributed by atoms with Crippen molar-refractivity contribution in [1.82, 2.24) is 25.2 Å². The van der Waals surface area contributed by atoms with Crippen molar-refractivity contribution >= 4 is 35.1 Å². The second-order valence-electron chi connectivity index (χ2n) is 11.4. The molecule has 1 N–H and O–H groups in total. The minimum absolute atomic E-state index is 0.0915. The third-order valence-corrected chi connectivity index (χ3v) is 8.70. The molecule has 2 amide bonds. The van der Waals surface area contributed by atoms with Gasteiger partial charge in [-0.1, -0.05) is 27.2 Å². The second kappa shape index (κ2) is 15.7. The molecule has 4 atom stereocenters. The number of nitrogens with zero attached hydrogens (tertiary/aromatic N) is 4. The van der Waals surface area contributed by atoms with Crippen molar-refractivity contribution in [1.29, 1.82) is 0 Å². The Bertz CT molecular complexity index is 1200. The summed E-state index contributed by atoms with van der Waals surface area (Å²) in [7, 11) is 3.14. The van der Waals surface area contributed by atoms with E-state index in [0.29, 0.717) is 42.4 Å². The number of nitrogens with one attached hydrogen (secondary N) is 1. The molecule has 2 aromatic rings. The van der Waals surface area contributed by atoms with Crippen molar-refractivity contribution in [3.8, 4) is 0 Å². The maximum absolute atomic E-state index is 13.3. The molecule has 1 aliphatic carbocycles. The molecule has 230 valence electrons. The highest BCUT2D eigenvalue weighted by atomic mass is 32.1. The van der Waals surface area contributed by atoms with Crippen LogP contribution in [0.1, 0.15) is 93.6 Å². The number of aromatic nitrogens is 3. The predicted molar refractivity (Wildman–Crippen MR) is 157 cm³/mol. The van der Waals surface area contributed by atoms with Gasteiger partial charge in [-0.2, -0.15) is 0 Å². The van der Waals surface area contributed by atoms with E-state index in [1.54, 1.807) is 35.7 Å². The Balaban J connectivity index is 1.75. The molecular weight excluding hydrogens is 558 g/mol. The number of thiazole rings is 1. The quantitative estimate of drug-likeness (QED) is 0.298. The first kappa shape index (κ1) is 33.1. The van der Waals surface area contributed by atoms with Crippen LogP contribution < -0.4 is 5.32 Å². The molecule has 1 aliphatic rings. The number of hydrogen-bond acceptors (Lipinski definition) is 10. The lowest BCUT2D eigenvalue weighted by molar-refractivity contribution is -0.148. The summed E-state index contributed by atoms with van der Waals surface area (Å²) in [4.78, 5) is 65.3. The minimum atomic E-state index is -0.715. The van der Waals surface area contributed by atoms with Gasteiger partial charge in [-0.05, 0) is 37.2 Å². The van der Waals surface area contributed by atoms with Crippen molar-refractivity contribution in [3.05, 3.63) is 40.4 Å². The summed E-state index contributed by atoms with van der Waals surface area (Å²) < 4.78 is 10.5. The van der Waals surface area contributed by atoms with Crippen LogP contribution in [0.5, 0.6) is 0 Å². The van der Waals surface area contributed by atoms with Crippen LogP contribution in [0.4, 0.5) is 0 Å². The van der Waals surface area contributed by atoms with Gasteiger partial charge in [0, 0.05) is 63.1 Å². The zero-order valence-electron chi connectivity index (χ0n) is 25.4. The molecule has 0 saturated heterocycles. The first-order valence-corrected chi connectivity index (χ1v) is 15.4. The number of esters is 2. The fourth-order valence-electron chi connectivity index (χ4n) is 5.14. The van der Waals surface area contributed by atoms with E-state index >= 15 is 0 Å². The molecule has 11 nitrogen and oxygen atoms in total. The van der Waals surface area contributed by atoms with E-state index in [1.807, 2.05) is 20.9 Å². The number of hydrogen-bond donors (Lipinski definition) is 1. The Morgan fingerprint density at radius 2 is 1.81 bits per heavy atom. The van der Waals surface area contributed by atoms with E-state index in [1.165, 1.54) is 31.8 Å². The maximum atomic E-state index is 13.3. The van der Waals surface area contributed by atoms with Gasteiger partial charge < -0.3 is 19.7 Å². The Labute approximate surface area is 251 Å². The number of methoxy groups -OCH3 is 1. The van der Waals surface area contributed by atoms with E-state index in [4.69, 9.17) is 9.47 Å². The van der Waals surface area contributed by atoms with Gasteiger partial charge in [0.05, 0.1) is 13.0 Å². The lowest BCUT2D eigenvalue weighted by Gasteiger charge is -2.35. The fraction of sp³-hybridized carbons (Fsp3) is 0.633. The largest absolute Gasteiger partial charge is 0.469 e. The molecule has 0 aliphatic heterocycles. The van der Waals surface area contributed by atoms with Crippen LogP contribution in [0.2, 0.25) is 0 Å². The van der Waals surface area contributed by atoms with Gasteiger partial charge in [-0.15, -0.1) is 11.3 Å². The van der Waals surface area contributed by atoms with Crippen LogP contribution in [0.15, 0.2) is 23.8 Å². The summed E-state index contributed by atoms with van der Waals surface area (Å²) in [5.74, 6) is -0.543. The first-order chi connectivity index (χ1) is 20.0. The topological polar surface area (TPSA) is 141 Å². The van der Waals surface area contributed by atoms with Gasteiger partial charge in [0.2, 0.25) is 5.91 Å². The van der Waals surface area contributed by atoms with Crippen LogP contribution in [0.25, 0.3) is 0 Å². The number of carbonyl (C=O) groups excluding carboxylic acids is 4. The van der Waals surface area contributed by atoms with Crippen molar-refractivity contribution in [2.24, 2.45) is 17.8 Å². The van der Waals surface area contributed by atoms with Gasteiger partial charge in [-0.3, -0.25) is 19.2 Å². The number of amides is 2.